The third kappa shape index (κ3) is 2.68. The molecule has 2 rings (SSSR count). The van der Waals surface area contributed by atoms with E-state index >= 15 is 0 Å². The van der Waals surface area contributed by atoms with E-state index in [1.807, 2.05) is 57.2 Å². The van der Waals surface area contributed by atoms with E-state index in [9.17, 15) is 4.79 Å². The summed E-state index contributed by atoms with van der Waals surface area (Å²) in [5.41, 5.74) is 4.68. The predicted molar refractivity (Wildman–Crippen MR) is 77.1 cm³/mol. The molecule has 0 aliphatic rings. The van der Waals surface area contributed by atoms with Crippen LogP contribution in [0.15, 0.2) is 36.4 Å². The number of hydrogen-bond acceptors (Lipinski definition) is 2. The van der Waals surface area contributed by atoms with Crippen molar-refractivity contribution in [1.82, 2.24) is 0 Å². The van der Waals surface area contributed by atoms with Crippen LogP contribution in [0.4, 0.5) is 0 Å². The van der Waals surface area contributed by atoms with Gasteiger partial charge in [-0.2, -0.15) is 0 Å². The fourth-order valence-corrected chi connectivity index (χ4v) is 2.04. The summed E-state index contributed by atoms with van der Waals surface area (Å²) in [5, 5.41) is 0. The van der Waals surface area contributed by atoms with Crippen LogP contribution in [0.3, 0.4) is 0 Å². The van der Waals surface area contributed by atoms with E-state index < -0.39 is 0 Å². The molecule has 19 heavy (non-hydrogen) atoms. The van der Waals surface area contributed by atoms with Gasteiger partial charge in [0.25, 0.3) is 0 Å². The van der Waals surface area contributed by atoms with Gasteiger partial charge >= 0.3 is 0 Å². The normalized spacial score (nSPS) is 10.3. The van der Waals surface area contributed by atoms with Crippen LogP contribution in [0, 0.1) is 20.8 Å². The standard InChI is InChI=1S/C17H18O2/c1-11-5-8-16(19-4)15(9-11)17(18)14-7-6-12(2)13(3)10-14/h5-10H,1-4H3. The molecule has 98 valence electrons. The molecule has 0 aromatic heterocycles. The first kappa shape index (κ1) is 13.3. The number of benzene rings is 2. The predicted octanol–water partition coefficient (Wildman–Crippen LogP) is 3.85. The number of ether oxygens (including phenoxy) is 1. The lowest BCUT2D eigenvalue weighted by molar-refractivity contribution is 0.103. The number of hydrogen-bond donors (Lipinski definition) is 0. The van der Waals surface area contributed by atoms with Gasteiger partial charge in [0, 0.05) is 5.56 Å². The SMILES string of the molecule is COc1ccc(C)cc1C(=O)c1ccc(C)c(C)c1. The van der Waals surface area contributed by atoms with Crippen LogP contribution in [0.2, 0.25) is 0 Å². The molecule has 2 nitrogen and oxygen atoms in total. The topological polar surface area (TPSA) is 26.3 Å². The highest BCUT2D eigenvalue weighted by Crippen LogP contribution is 2.23. The summed E-state index contributed by atoms with van der Waals surface area (Å²) in [6.07, 6.45) is 0. The Morgan fingerprint density at radius 3 is 2.32 bits per heavy atom. The fourth-order valence-electron chi connectivity index (χ4n) is 2.04. The Balaban J connectivity index is 2.49. The molecule has 2 heteroatoms. The van der Waals surface area contributed by atoms with Gasteiger partial charge in [0.15, 0.2) is 5.78 Å². The first-order chi connectivity index (χ1) is 9.02. The Morgan fingerprint density at radius 2 is 1.68 bits per heavy atom. The quantitative estimate of drug-likeness (QED) is 0.778. The van der Waals surface area contributed by atoms with E-state index in [2.05, 4.69) is 0 Å². The van der Waals surface area contributed by atoms with Gasteiger partial charge < -0.3 is 4.74 Å². The third-order valence-electron chi connectivity index (χ3n) is 3.37. The van der Waals surface area contributed by atoms with Crippen molar-refractivity contribution < 1.29 is 9.53 Å². The lowest BCUT2D eigenvalue weighted by Gasteiger charge is -2.10. The van der Waals surface area contributed by atoms with E-state index in [0.717, 1.165) is 11.1 Å². The van der Waals surface area contributed by atoms with Gasteiger partial charge in [-0.15, -0.1) is 0 Å². The van der Waals surface area contributed by atoms with Crippen LogP contribution in [0.1, 0.15) is 32.6 Å². The largest absolute Gasteiger partial charge is 0.496 e. The van der Waals surface area contributed by atoms with Gasteiger partial charge in [0.2, 0.25) is 0 Å². The average Bonchev–Trinajstić information content (AvgIpc) is 2.41. The molecule has 0 N–H and O–H groups in total. The minimum Gasteiger partial charge on any atom is -0.496 e. The molecule has 0 unspecified atom stereocenters. The van der Waals surface area contributed by atoms with Crippen molar-refractivity contribution in [1.29, 1.82) is 0 Å². The second-order valence-corrected chi connectivity index (χ2v) is 4.83. The molecule has 0 radical (unpaired) electrons. The first-order valence-corrected chi connectivity index (χ1v) is 6.29. The molecular formula is C17H18O2. The molecule has 0 amide bonds. The molecule has 0 heterocycles. The smallest absolute Gasteiger partial charge is 0.196 e. The number of methoxy groups -OCH3 is 1. The molecule has 0 bridgehead atoms. The molecule has 0 saturated heterocycles. The summed E-state index contributed by atoms with van der Waals surface area (Å²) in [4.78, 5) is 12.6. The van der Waals surface area contributed by atoms with E-state index in [-0.39, 0.29) is 5.78 Å². The maximum atomic E-state index is 12.6. The Bertz CT molecular complexity index is 627. The summed E-state index contributed by atoms with van der Waals surface area (Å²) in [6.45, 7) is 6.02. The molecule has 0 aliphatic carbocycles. The van der Waals surface area contributed by atoms with Crippen LogP contribution in [-0.2, 0) is 0 Å². The van der Waals surface area contributed by atoms with Gasteiger partial charge in [-0.3, -0.25) is 4.79 Å². The summed E-state index contributed by atoms with van der Waals surface area (Å²) < 4.78 is 5.28. The molecule has 2 aromatic rings. The number of ketones is 1. The van der Waals surface area contributed by atoms with E-state index in [1.165, 1.54) is 5.56 Å². The van der Waals surface area contributed by atoms with Gasteiger partial charge in [-0.1, -0.05) is 23.8 Å². The molecular weight excluding hydrogens is 236 g/mol. The minimum atomic E-state index is 0.00338. The van der Waals surface area contributed by atoms with Crippen molar-refractivity contribution in [3.8, 4) is 5.75 Å². The summed E-state index contributed by atoms with van der Waals surface area (Å²) in [7, 11) is 1.59. The molecule has 0 saturated carbocycles. The highest BCUT2D eigenvalue weighted by Gasteiger charge is 2.15. The molecule has 0 aliphatic heterocycles. The monoisotopic (exact) mass is 254 g/mol. The van der Waals surface area contributed by atoms with Gasteiger partial charge in [-0.05, 0) is 50.1 Å². The lowest BCUT2D eigenvalue weighted by Crippen LogP contribution is -2.05. The first-order valence-electron chi connectivity index (χ1n) is 6.29. The van der Waals surface area contributed by atoms with Crippen molar-refractivity contribution in [2.75, 3.05) is 7.11 Å². The van der Waals surface area contributed by atoms with Crippen molar-refractivity contribution >= 4 is 5.78 Å². The zero-order chi connectivity index (χ0) is 14.0. The van der Waals surface area contributed by atoms with E-state index in [0.29, 0.717) is 16.9 Å². The lowest BCUT2D eigenvalue weighted by atomic mass is 9.97. The fraction of sp³-hybridized carbons (Fsp3) is 0.235. The Labute approximate surface area is 114 Å². The Hall–Kier alpha value is -2.09. The number of carbonyl (C=O) groups excluding carboxylic acids is 1. The van der Waals surface area contributed by atoms with Crippen LogP contribution < -0.4 is 4.74 Å². The van der Waals surface area contributed by atoms with Crippen molar-refractivity contribution in [2.45, 2.75) is 20.8 Å². The molecule has 0 atom stereocenters. The number of aryl methyl sites for hydroxylation is 3. The second-order valence-electron chi connectivity index (χ2n) is 4.83. The maximum absolute atomic E-state index is 12.6. The highest BCUT2D eigenvalue weighted by molar-refractivity contribution is 6.11. The van der Waals surface area contributed by atoms with Crippen LogP contribution in [-0.4, -0.2) is 12.9 Å². The van der Waals surface area contributed by atoms with Gasteiger partial charge in [0.05, 0.1) is 12.7 Å². The summed E-state index contributed by atoms with van der Waals surface area (Å²) in [5.74, 6) is 0.623. The van der Waals surface area contributed by atoms with Crippen LogP contribution in [0.5, 0.6) is 5.75 Å². The second kappa shape index (κ2) is 5.27. The summed E-state index contributed by atoms with van der Waals surface area (Å²) in [6, 6.07) is 11.4. The van der Waals surface area contributed by atoms with Crippen LogP contribution >= 0.6 is 0 Å². The zero-order valence-electron chi connectivity index (χ0n) is 11.8. The van der Waals surface area contributed by atoms with Crippen LogP contribution in [0.25, 0.3) is 0 Å². The van der Waals surface area contributed by atoms with Gasteiger partial charge in [0.1, 0.15) is 5.75 Å². The minimum absolute atomic E-state index is 0.00338. The summed E-state index contributed by atoms with van der Waals surface area (Å²) >= 11 is 0. The third-order valence-corrected chi connectivity index (χ3v) is 3.37. The number of rotatable bonds is 3. The van der Waals surface area contributed by atoms with E-state index in [4.69, 9.17) is 4.74 Å². The Morgan fingerprint density at radius 1 is 0.947 bits per heavy atom. The van der Waals surface area contributed by atoms with Crippen molar-refractivity contribution in [3.05, 3.63) is 64.2 Å². The van der Waals surface area contributed by atoms with Gasteiger partial charge in [-0.25, -0.2) is 0 Å². The zero-order valence-corrected chi connectivity index (χ0v) is 11.8. The maximum Gasteiger partial charge on any atom is 0.196 e. The van der Waals surface area contributed by atoms with Crippen molar-refractivity contribution in [3.63, 3.8) is 0 Å². The van der Waals surface area contributed by atoms with Crippen molar-refractivity contribution in [2.24, 2.45) is 0 Å². The highest BCUT2D eigenvalue weighted by atomic mass is 16.5. The Kier molecular flexibility index (Phi) is 3.70. The molecule has 2 aromatic carbocycles. The molecule has 0 spiro atoms. The van der Waals surface area contributed by atoms with E-state index in [1.54, 1.807) is 7.11 Å². The molecule has 0 fully saturated rings. The number of carbonyl (C=O) groups is 1. The average molecular weight is 254 g/mol.